The van der Waals surface area contributed by atoms with Gasteiger partial charge in [0.1, 0.15) is 0 Å². The maximum atomic E-state index is 11.9. The van der Waals surface area contributed by atoms with Crippen molar-refractivity contribution in [2.45, 2.75) is 38.1 Å². The van der Waals surface area contributed by atoms with Crippen LogP contribution in [-0.2, 0) is 14.6 Å². The Balaban J connectivity index is 2.80. The van der Waals surface area contributed by atoms with Crippen LogP contribution >= 0.6 is 0 Å². The molecule has 0 aliphatic carbocycles. The number of rotatable bonds is 7. The summed E-state index contributed by atoms with van der Waals surface area (Å²) in [6, 6.07) is 6.17. The van der Waals surface area contributed by atoms with Crippen LogP contribution < -0.4 is 5.32 Å². The lowest BCUT2D eigenvalue weighted by Gasteiger charge is -2.19. The molecule has 112 valence electrons. The van der Waals surface area contributed by atoms with Gasteiger partial charge >= 0.3 is 5.97 Å². The zero-order valence-electron chi connectivity index (χ0n) is 12.0. The molecule has 0 radical (unpaired) electrons. The third-order valence-electron chi connectivity index (χ3n) is 3.22. The molecule has 0 aliphatic rings. The number of carbonyl (C=O) groups is 1. The molecule has 0 saturated carbocycles. The second kappa shape index (κ2) is 6.74. The maximum absolute atomic E-state index is 11.9. The second-order valence-corrected chi connectivity index (χ2v) is 7.01. The van der Waals surface area contributed by atoms with E-state index in [0.717, 1.165) is 0 Å². The number of hydrogen-bond donors (Lipinski definition) is 2. The molecule has 20 heavy (non-hydrogen) atoms. The van der Waals surface area contributed by atoms with Gasteiger partial charge in [-0.25, -0.2) is 8.42 Å². The lowest BCUT2D eigenvalue weighted by Crippen LogP contribution is -2.29. The number of sulfone groups is 1. The van der Waals surface area contributed by atoms with E-state index >= 15 is 0 Å². The minimum absolute atomic E-state index is 0.131. The van der Waals surface area contributed by atoms with Crippen molar-refractivity contribution in [2.24, 2.45) is 5.92 Å². The van der Waals surface area contributed by atoms with Crippen molar-refractivity contribution in [3.63, 3.8) is 0 Å². The van der Waals surface area contributed by atoms with Gasteiger partial charge in [-0.3, -0.25) is 4.79 Å². The van der Waals surface area contributed by atoms with E-state index in [4.69, 9.17) is 5.11 Å². The van der Waals surface area contributed by atoms with Crippen LogP contribution in [0.25, 0.3) is 0 Å². The van der Waals surface area contributed by atoms with Crippen molar-refractivity contribution in [1.82, 2.24) is 0 Å². The first-order chi connectivity index (χ1) is 9.27. The van der Waals surface area contributed by atoms with Crippen LogP contribution in [0.1, 0.15) is 27.2 Å². The van der Waals surface area contributed by atoms with Crippen LogP contribution in [0.3, 0.4) is 0 Å². The summed E-state index contributed by atoms with van der Waals surface area (Å²) >= 11 is 0. The van der Waals surface area contributed by atoms with Gasteiger partial charge in [0.05, 0.1) is 16.6 Å². The second-order valence-electron chi connectivity index (χ2n) is 4.90. The first-order valence-electron chi connectivity index (χ1n) is 6.60. The molecule has 2 unspecified atom stereocenters. The predicted octanol–water partition coefficient (Wildman–Crippen LogP) is 2.39. The van der Waals surface area contributed by atoms with E-state index in [1.54, 1.807) is 38.1 Å². The highest BCUT2D eigenvalue weighted by molar-refractivity contribution is 7.91. The summed E-state index contributed by atoms with van der Waals surface area (Å²) in [6.45, 7) is 5.23. The fourth-order valence-electron chi connectivity index (χ4n) is 1.75. The Morgan fingerprint density at radius 2 is 1.80 bits per heavy atom. The van der Waals surface area contributed by atoms with Crippen LogP contribution in [0.15, 0.2) is 29.2 Å². The Hall–Kier alpha value is -1.56. The summed E-state index contributed by atoms with van der Waals surface area (Å²) in [5.41, 5.74) is 0.709. The van der Waals surface area contributed by atoms with Crippen LogP contribution in [0, 0.1) is 5.92 Å². The first-order valence-corrected chi connectivity index (χ1v) is 8.25. The Bertz CT molecular complexity index is 551. The van der Waals surface area contributed by atoms with Crippen molar-refractivity contribution < 1.29 is 18.3 Å². The Labute approximate surface area is 119 Å². The van der Waals surface area contributed by atoms with Gasteiger partial charge in [0.25, 0.3) is 0 Å². The Morgan fingerprint density at radius 1 is 1.25 bits per heavy atom. The zero-order chi connectivity index (χ0) is 15.3. The number of carboxylic acids is 1. The summed E-state index contributed by atoms with van der Waals surface area (Å²) in [7, 11) is -3.21. The summed E-state index contributed by atoms with van der Waals surface area (Å²) in [5.74, 6) is -1.27. The monoisotopic (exact) mass is 299 g/mol. The number of hydrogen-bond acceptors (Lipinski definition) is 4. The van der Waals surface area contributed by atoms with Gasteiger partial charge in [0.2, 0.25) is 0 Å². The quantitative estimate of drug-likeness (QED) is 0.807. The van der Waals surface area contributed by atoms with Gasteiger partial charge in [-0.1, -0.05) is 6.92 Å². The maximum Gasteiger partial charge on any atom is 0.308 e. The van der Waals surface area contributed by atoms with Gasteiger partial charge in [0, 0.05) is 11.7 Å². The van der Waals surface area contributed by atoms with E-state index in [1.807, 2.05) is 6.92 Å². The third kappa shape index (κ3) is 4.23. The standard InChI is InChI=1S/C14H21NO4S/c1-4-9-20(18,19)13-7-5-12(6-8-13)15-11(3)10(2)14(16)17/h5-8,10-11,15H,4,9H2,1-3H3,(H,16,17). The number of nitrogens with one attached hydrogen (secondary N) is 1. The van der Waals surface area contributed by atoms with Gasteiger partial charge in [-0.2, -0.15) is 0 Å². The molecule has 0 aromatic heterocycles. The fraction of sp³-hybridized carbons (Fsp3) is 0.500. The third-order valence-corrected chi connectivity index (χ3v) is 5.16. The van der Waals surface area contributed by atoms with Gasteiger partial charge < -0.3 is 10.4 Å². The molecule has 0 heterocycles. The van der Waals surface area contributed by atoms with Gasteiger partial charge in [-0.15, -0.1) is 0 Å². The molecule has 0 fully saturated rings. The molecule has 0 saturated heterocycles. The zero-order valence-corrected chi connectivity index (χ0v) is 12.8. The Kier molecular flexibility index (Phi) is 5.56. The smallest absolute Gasteiger partial charge is 0.308 e. The molecular weight excluding hydrogens is 278 g/mol. The molecule has 0 amide bonds. The highest BCUT2D eigenvalue weighted by atomic mass is 32.2. The number of anilines is 1. The van der Waals surface area contributed by atoms with Crippen molar-refractivity contribution >= 4 is 21.5 Å². The van der Waals surface area contributed by atoms with Crippen LogP contribution in [-0.4, -0.2) is 31.3 Å². The molecule has 2 N–H and O–H groups in total. The minimum atomic E-state index is -3.21. The van der Waals surface area contributed by atoms with E-state index in [1.165, 1.54) is 0 Å². The van der Waals surface area contributed by atoms with Crippen LogP contribution in [0.2, 0.25) is 0 Å². The lowest BCUT2D eigenvalue weighted by molar-refractivity contribution is -0.141. The van der Waals surface area contributed by atoms with E-state index in [-0.39, 0.29) is 11.8 Å². The molecular formula is C14H21NO4S. The lowest BCUT2D eigenvalue weighted by atomic mass is 10.0. The average Bonchev–Trinajstić information content (AvgIpc) is 2.38. The van der Waals surface area contributed by atoms with Crippen molar-refractivity contribution in [2.75, 3.05) is 11.1 Å². The van der Waals surface area contributed by atoms with E-state index in [2.05, 4.69) is 5.32 Å². The molecule has 0 bridgehead atoms. The summed E-state index contributed by atoms with van der Waals surface area (Å²) in [6.07, 6.45) is 0.579. The highest BCUT2D eigenvalue weighted by Crippen LogP contribution is 2.18. The molecule has 5 nitrogen and oxygen atoms in total. The number of carboxylic acid groups (broad SMARTS) is 1. The molecule has 1 aromatic carbocycles. The van der Waals surface area contributed by atoms with Crippen molar-refractivity contribution in [3.05, 3.63) is 24.3 Å². The number of aliphatic carboxylic acids is 1. The molecule has 6 heteroatoms. The van der Waals surface area contributed by atoms with Crippen molar-refractivity contribution in [3.8, 4) is 0 Å². The number of benzene rings is 1. The highest BCUT2D eigenvalue weighted by Gasteiger charge is 2.19. The topological polar surface area (TPSA) is 83.5 Å². The fourth-order valence-corrected chi connectivity index (χ4v) is 3.07. The molecule has 2 atom stereocenters. The molecule has 1 aromatic rings. The van der Waals surface area contributed by atoms with Gasteiger partial charge in [0.15, 0.2) is 9.84 Å². The van der Waals surface area contributed by atoms with Crippen LogP contribution in [0.5, 0.6) is 0 Å². The van der Waals surface area contributed by atoms with Crippen LogP contribution in [0.4, 0.5) is 5.69 Å². The normalized spacial score (nSPS) is 14.6. The molecule has 0 aliphatic heterocycles. The first kappa shape index (κ1) is 16.5. The molecule has 0 spiro atoms. The minimum Gasteiger partial charge on any atom is -0.481 e. The van der Waals surface area contributed by atoms with Crippen molar-refractivity contribution in [1.29, 1.82) is 0 Å². The predicted molar refractivity (Wildman–Crippen MR) is 78.7 cm³/mol. The summed E-state index contributed by atoms with van der Waals surface area (Å²) in [4.78, 5) is 11.2. The van der Waals surface area contributed by atoms with Gasteiger partial charge in [-0.05, 0) is 44.5 Å². The summed E-state index contributed by atoms with van der Waals surface area (Å²) in [5, 5.41) is 12.0. The largest absolute Gasteiger partial charge is 0.481 e. The van der Waals surface area contributed by atoms with E-state index in [0.29, 0.717) is 17.0 Å². The Morgan fingerprint density at radius 3 is 2.25 bits per heavy atom. The summed E-state index contributed by atoms with van der Waals surface area (Å²) < 4.78 is 23.7. The van der Waals surface area contributed by atoms with E-state index in [9.17, 15) is 13.2 Å². The SMILES string of the molecule is CCCS(=O)(=O)c1ccc(NC(C)C(C)C(=O)O)cc1. The average molecular weight is 299 g/mol. The van der Waals surface area contributed by atoms with E-state index < -0.39 is 21.7 Å². The molecule has 1 rings (SSSR count).